The Morgan fingerprint density at radius 3 is 2.71 bits per heavy atom. The average Bonchev–Trinajstić information content (AvgIpc) is 2.50. The highest BCUT2D eigenvalue weighted by atomic mass is 35.5. The van der Waals surface area contributed by atoms with Gasteiger partial charge in [-0.3, -0.25) is 0 Å². The van der Waals surface area contributed by atoms with E-state index in [9.17, 15) is 0 Å². The van der Waals surface area contributed by atoms with E-state index in [0.29, 0.717) is 11.8 Å². The summed E-state index contributed by atoms with van der Waals surface area (Å²) in [6.45, 7) is 4.15. The molecule has 1 nitrogen and oxygen atoms in total. The molecule has 0 radical (unpaired) electrons. The zero-order valence-corrected chi connectivity index (χ0v) is 13.6. The molecule has 21 heavy (non-hydrogen) atoms. The maximum absolute atomic E-state index is 6.43. The van der Waals surface area contributed by atoms with Crippen LogP contribution in [0, 0.1) is 6.92 Å². The van der Waals surface area contributed by atoms with E-state index in [1.54, 1.807) is 0 Å². The Balaban J connectivity index is 2.00. The molecule has 2 aromatic carbocycles. The second-order valence-electron chi connectivity index (χ2n) is 5.79. The quantitative estimate of drug-likeness (QED) is 0.805. The molecule has 110 valence electrons. The Morgan fingerprint density at radius 1 is 1.05 bits per heavy atom. The average molecular weight is 320 g/mol. The van der Waals surface area contributed by atoms with Crippen molar-refractivity contribution in [3.05, 3.63) is 69.2 Å². The van der Waals surface area contributed by atoms with Crippen LogP contribution < -0.4 is 5.32 Å². The third-order valence-corrected chi connectivity index (χ3v) is 4.89. The van der Waals surface area contributed by atoms with Gasteiger partial charge in [0.15, 0.2) is 0 Å². The molecular weight excluding hydrogens is 301 g/mol. The smallest absolute Gasteiger partial charge is 0.0442 e. The highest BCUT2D eigenvalue weighted by Gasteiger charge is 2.29. The largest absolute Gasteiger partial charge is 0.316 e. The molecule has 1 aliphatic rings. The summed E-state index contributed by atoms with van der Waals surface area (Å²) in [6, 6.07) is 14.6. The van der Waals surface area contributed by atoms with Gasteiger partial charge in [0.2, 0.25) is 0 Å². The van der Waals surface area contributed by atoms with Crippen LogP contribution in [0.2, 0.25) is 10.0 Å². The third kappa shape index (κ3) is 3.26. The van der Waals surface area contributed by atoms with Gasteiger partial charge < -0.3 is 5.32 Å². The predicted molar refractivity (Wildman–Crippen MR) is 90.6 cm³/mol. The van der Waals surface area contributed by atoms with Crippen molar-refractivity contribution in [1.82, 2.24) is 5.32 Å². The molecule has 3 rings (SSSR count). The van der Waals surface area contributed by atoms with Crippen LogP contribution in [0.5, 0.6) is 0 Å². The lowest BCUT2D eigenvalue weighted by Gasteiger charge is -2.33. The molecule has 2 aromatic rings. The van der Waals surface area contributed by atoms with Crippen LogP contribution in [-0.4, -0.2) is 13.1 Å². The molecule has 1 saturated heterocycles. The van der Waals surface area contributed by atoms with E-state index in [2.05, 4.69) is 36.5 Å². The summed E-state index contributed by atoms with van der Waals surface area (Å²) in [4.78, 5) is 0. The molecule has 2 atom stereocenters. The number of piperidine rings is 1. The van der Waals surface area contributed by atoms with Crippen LogP contribution in [0.1, 0.15) is 34.9 Å². The minimum Gasteiger partial charge on any atom is -0.316 e. The van der Waals surface area contributed by atoms with Crippen molar-refractivity contribution < 1.29 is 0 Å². The molecule has 0 spiro atoms. The molecule has 0 saturated carbocycles. The monoisotopic (exact) mass is 319 g/mol. The van der Waals surface area contributed by atoms with E-state index >= 15 is 0 Å². The first-order valence-electron chi connectivity index (χ1n) is 7.37. The Bertz CT molecular complexity index is 639. The molecule has 1 N–H and O–H groups in total. The Hall–Kier alpha value is -1.02. The van der Waals surface area contributed by atoms with E-state index in [1.807, 2.05) is 18.2 Å². The van der Waals surface area contributed by atoms with Gasteiger partial charge in [-0.15, -0.1) is 0 Å². The molecule has 1 aliphatic heterocycles. The van der Waals surface area contributed by atoms with Gasteiger partial charge >= 0.3 is 0 Å². The van der Waals surface area contributed by atoms with Gasteiger partial charge in [-0.1, -0.05) is 53.0 Å². The topological polar surface area (TPSA) is 12.0 Å². The van der Waals surface area contributed by atoms with E-state index in [1.165, 1.54) is 16.7 Å². The van der Waals surface area contributed by atoms with Gasteiger partial charge in [-0.2, -0.15) is 0 Å². The molecule has 0 aromatic heterocycles. The van der Waals surface area contributed by atoms with Crippen molar-refractivity contribution in [2.45, 2.75) is 25.2 Å². The summed E-state index contributed by atoms with van der Waals surface area (Å²) in [7, 11) is 0. The predicted octanol–water partition coefficient (Wildman–Crippen LogP) is 5.16. The number of benzene rings is 2. The van der Waals surface area contributed by atoms with E-state index in [0.717, 1.165) is 29.6 Å². The highest BCUT2D eigenvalue weighted by molar-refractivity contribution is 6.33. The van der Waals surface area contributed by atoms with E-state index < -0.39 is 0 Å². The van der Waals surface area contributed by atoms with Crippen LogP contribution in [0.25, 0.3) is 0 Å². The normalized spacial score (nSPS) is 22.2. The number of halogens is 2. The Morgan fingerprint density at radius 2 is 1.90 bits per heavy atom. The summed E-state index contributed by atoms with van der Waals surface area (Å²) < 4.78 is 0. The lowest BCUT2D eigenvalue weighted by atomic mass is 9.77. The number of hydrogen-bond acceptors (Lipinski definition) is 1. The SMILES string of the molecule is Cc1cccc(C2CNCCC2c2cc(Cl)ccc2Cl)c1. The number of rotatable bonds is 2. The molecule has 0 amide bonds. The zero-order valence-electron chi connectivity index (χ0n) is 12.1. The van der Waals surface area contributed by atoms with Gasteiger partial charge in [0.05, 0.1) is 0 Å². The summed E-state index contributed by atoms with van der Waals surface area (Å²) in [5, 5.41) is 5.09. The summed E-state index contributed by atoms with van der Waals surface area (Å²) >= 11 is 12.6. The summed E-state index contributed by atoms with van der Waals surface area (Å²) in [6.07, 6.45) is 1.08. The lowest BCUT2D eigenvalue weighted by Crippen LogP contribution is -2.34. The van der Waals surface area contributed by atoms with Crippen LogP contribution in [0.4, 0.5) is 0 Å². The van der Waals surface area contributed by atoms with Gasteiger partial charge in [-0.25, -0.2) is 0 Å². The van der Waals surface area contributed by atoms with Crippen LogP contribution in [-0.2, 0) is 0 Å². The summed E-state index contributed by atoms with van der Waals surface area (Å²) in [5.41, 5.74) is 3.86. The first kappa shape index (κ1) is 14.9. The van der Waals surface area contributed by atoms with Crippen LogP contribution in [0.15, 0.2) is 42.5 Å². The minimum absolute atomic E-state index is 0.416. The second kappa shape index (κ2) is 6.39. The van der Waals surface area contributed by atoms with Crippen molar-refractivity contribution >= 4 is 23.2 Å². The van der Waals surface area contributed by atoms with Gasteiger partial charge in [0, 0.05) is 22.5 Å². The van der Waals surface area contributed by atoms with Gasteiger partial charge in [0.25, 0.3) is 0 Å². The van der Waals surface area contributed by atoms with Crippen molar-refractivity contribution in [1.29, 1.82) is 0 Å². The number of nitrogens with one attached hydrogen (secondary N) is 1. The molecule has 0 bridgehead atoms. The molecule has 1 heterocycles. The molecule has 2 unspecified atom stereocenters. The Kier molecular flexibility index (Phi) is 4.54. The maximum atomic E-state index is 6.43. The molecular formula is C18H19Cl2N. The fourth-order valence-electron chi connectivity index (χ4n) is 3.28. The summed E-state index contributed by atoms with van der Waals surface area (Å²) in [5.74, 6) is 0.855. The standard InChI is InChI=1S/C18H19Cl2N/c1-12-3-2-4-13(9-12)17-11-21-8-7-15(17)16-10-14(19)5-6-18(16)20/h2-6,9-10,15,17,21H,7-8,11H2,1H3. The fraction of sp³-hybridized carbons (Fsp3) is 0.333. The van der Waals surface area contributed by atoms with Crippen molar-refractivity contribution in [3.63, 3.8) is 0 Å². The highest BCUT2D eigenvalue weighted by Crippen LogP contribution is 2.41. The van der Waals surface area contributed by atoms with Crippen molar-refractivity contribution in [2.24, 2.45) is 0 Å². The van der Waals surface area contributed by atoms with Crippen LogP contribution in [0.3, 0.4) is 0 Å². The fourth-order valence-corrected chi connectivity index (χ4v) is 3.72. The third-order valence-electron chi connectivity index (χ3n) is 4.31. The van der Waals surface area contributed by atoms with Gasteiger partial charge in [0.1, 0.15) is 0 Å². The Labute approximate surface area is 136 Å². The second-order valence-corrected chi connectivity index (χ2v) is 6.63. The van der Waals surface area contributed by atoms with Crippen molar-refractivity contribution in [3.8, 4) is 0 Å². The first-order chi connectivity index (χ1) is 10.1. The first-order valence-corrected chi connectivity index (χ1v) is 8.13. The number of aryl methyl sites for hydroxylation is 1. The van der Waals surface area contributed by atoms with Gasteiger partial charge in [-0.05, 0) is 55.1 Å². The molecule has 1 fully saturated rings. The number of hydrogen-bond donors (Lipinski definition) is 1. The molecule has 3 heteroatoms. The van der Waals surface area contributed by atoms with Crippen LogP contribution >= 0.6 is 23.2 Å². The lowest BCUT2D eigenvalue weighted by molar-refractivity contribution is 0.404. The van der Waals surface area contributed by atoms with E-state index in [4.69, 9.17) is 23.2 Å². The van der Waals surface area contributed by atoms with Crippen molar-refractivity contribution in [2.75, 3.05) is 13.1 Å². The minimum atomic E-state index is 0.416. The molecule has 0 aliphatic carbocycles. The maximum Gasteiger partial charge on any atom is 0.0442 e. The zero-order chi connectivity index (χ0) is 14.8. The van der Waals surface area contributed by atoms with E-state index in [-0.39, 0.29) is 0 Å².